The van der Waals surface area contributed by atoms with E-state index in [1.54, 1.807) is 31.6 Å². The largest absolute Gasteiger partial charge is 0.455 e. The van der Waals surface area contributed by atoms with E-state index in [1.165, 1.54) is 24.1 Å². The van der Waals surface area contributed by atoms with Crippen LogP contribution in [0.25, 0.3) is 55.8 Å². The summed E-state index contributed by atoms with van der Waals surface area (Å²) >= 11 is 1.45. The van der Waals surface area contributed by atoms with Gasteiger partial charge < -0.3 is 19.0 Å². The van der Waals surface area contributed by atoms with Crippen LogP contribution in [0, 0.1) is 5.82 Å². The maximum absolute atomic E-state index is 13.7. The SMILES string of the molecule is CNC(=O)c1c(-c2ccc(F)cc2)oc2cc(N(CCCF)SC)c(-c3cncc(-c4cc5ccccc5[nH]4)n3)cc12. The summed E-state index contributed by atoms with van der Waals surface area (Å²) in [6, 6.07) is 19.5. The number of anilines is 1. The average Bonchev–Trinajstić information content (AvgIpc) is 3.63. The van der Waals surface area contributed by atoms with Crippen LogP contribution in [0.15, 0.2) is 83.5 Å². The lowest BCUT2D eigenvalue weighted by Crippen LogP contribution is -2.18. The molecule has 0 unspecified atom stereocenters. The van der Waals surface area contributed by atoms with E-state index in [2.05, 4.69) is 15.3 Å². The summed E-state index contributed by atoms with van der Waals surface area (Å²) in [4.78, 5) is 26.1. The van der Waals surface area contributed by atoms with Gasteiger partial charge in [-0.3, -0.25) is 14.2 Å². The Labute approximate surface area is 245 Å². The first kappa shape index (κ1) is 27.5. The number of H-pyrrole nitrogens is 1. The molecule has 0 saturated heterocycles. The molecule has 212 valence electrons. The van der Waals surface area contributed by atoms with Gasteiger partial charge >= 0.3 is 0 Å². The smallest absolute Gasteiger partial charge is 0.255 e. The molecule has 0 radical (unpaired) electrons. The van der Waals surface area contributed by atoms with Gasteiger partial charge in [0.05, 0.1) is 41.7 Å². The van der Waals surface area contributed by atoms with Crippen LogP contribution in [0.5, 0.6) is 0 Å². The Bertz CT molecular complexity index is 1870. The van der Waals surface area contributed by atoms with Crippen LogP contribution in [-0.2, 0) is 0 Å². The van der Waals surface area contributed by atoms with Gasteiger partial charge in [-0.15, -0.1) is 0 Å². The molecular weight excluding hydrogens is 556 g/mol. The number of alkyl halides is 1. The van der Waals surface area contributed by atoms with Crippen LogP contribution in [0.1, 0.15) is 16.8 Å². The molecule has 3 aromatic heterocycles. The Morgan fingerprint density at radius 1 is 1.07 bits per heavy atom. The number of furan rings is 1. The monoisotopic (exact) mass is 583 g/mol. The quantitative estimate of drug-likeness (QED) is 0.170. The second-order valence-corrected chi connectivity index (χ2v) is 10.5. The molecule has 7 nitrogen and oxygen atoms in total. The van der Waals surface area contributed by atoms with Gasteiger partial charge in [-0.25, -0.2) is 9.37 Å². The van der Waals surface area contributed by atoms with Crippen molar-refractivity contribution in [2.45, 2.75) is 6.42 Å². The molecule has 0 atom stereocenters. The molecule has 0 fully saturated rings. The highest BCUT2D eigenvalue weighted by Crippen LogP contribution is 2.42. The molecule has 0 aliphatic heterocycles. The Hall–Kier alpha value is -4.70. The fourth-order valence-electron chi connectivity index (χ4n) is 5.05. The topological polar surface area (TPSA) is 87.0 Å². The van der Waals surface area contributed by atoms with Gasteiger partial charge in [0, 0.05) is 53.3 Å². The normalized spacial score (nSPS) is 11.3. The number of nitrogens with one attached hydrogen (secondary N) is 2. The van der Waals surface area contributed by atoms with Gasteiger partial charge in [0.1, 0.15) is 22.9 Å². The van der Waals surface area contributed by atoms with Crippen molar-refractivity contribution >= 4 is 45.4 Å². The van der Waals surface area contributed by atoms with Crippen molar-refractivity contribution in [1.82, 2.24) is 20.3 Å². The predicted molar refractivity (Wildman–Crippen MR) is 165 cm³/mol. The Balaban J connectivity index is 1.57. The molecule has 0 aliphatic carbocycles. The number of halogens is 2. The first-order chi connectivity index (χ1) is 20.5. The predicted octanol–water partition coefficient (Wildman–Crippen LogP) is 7.65. The van der Waals surface area contributed by atoms with Crippen molar-refractivity contribution in [2.75, 3.05) is 30.8 Å². The first-order valence-electron chi connectivity index (χ1n) is 13.4. The summed E-state index contributed by atoms with van der Waals surface area (Å²) in [5.74, 6) is -0.411. The molecule has 2 N–H and O–H groups in total. The summed E-state index contributed by atoms with van der Waals surface area (Å²) < 4.78 is 35.2. The second kappa shape index (κ2) is 11.7. The fraction of sp³-hybridized carbons (Fsp3) is 0.156. The number of nitrogens with zero attached hydrogens (tertiary/aromatic N) is 3. The number of benzene rings is 3. The fourth-order valence-corrected chi connectivity index (χ4v) is 5.71. The van der Waals surface area contributed by atoms with Crippen LogP contribution in [0.3, 0.4) is 0 Å². The number of aromatic amines is 1. The summed E-state index contributed by atoms with van der Waals surface area (Å²) in [6.07, 6.45) is 5.62. The van der Waals surface area contributed by atoms with Crippen molar-refractivity contribution in [2.24, 2.45) is 0 Å². The van der Waals surface area contributed by atoms with Gasteiger partial charge in [-0.2, -0.15) is 0 Å². The van der Waals surface area contributed by atoms with Gasteiger partial charge in [0.15, 0.2) is 0 Å². The Morgan fingerprint density at radius 3 is 2.60 bits per heavy atom. The second-order valence-electron chi connectivity index (χ2n) is 9.64. The van der Waals surface area contributed by atoms with E-state index >= 15 is 0 Å². The molecule has 3 heterocycles. The Kier molecular flexibility index (Phi) is 7.62. The summed E-state index contributed by atoms with van der Waals surface area (Å²) in [5, 5.41) is 4.32. The van der Waals surface area contributed by atoms with Crippen LogP contribution in [0.2, 0.25) is 0 Å². The zero-order valence-corrected chi connectivity index (χ0v) is 23.8. The lowest BCUT2D eigenvalue weighted by atomic mass is 10.0. The van der Waals surface area contributed by atoms with E-state index in [4.69, 9.17) is 9.40 Å². The molecule has 0 saturated carbocycles. The molecule has 0 spiro atoms. The lowest BCUT2D eigenvalue weighted by Gasteiger charge is -2.24. The van der Waals surface area contributed by atoms with E-state index in [1.807, 2.05) is 53.0 Å². The third-order valence-electron chi connectivity index (χ3n) is 7.07. The first-order valence-corrected chi connectivity index (χ1v) is 14.6. The van der Waals surface area contributed by atoms with Gasteiger partial charge in [0.2, 0.25) is 0 Å². The highest BCUT2D eigenvalue weighted by molar-refractivity contribution is 8.00. The standard InChI is InChI=1S/C32H27F2N5O2S/c1-35-32(40)30-23-15-22(26-17-36-18-27(38-26)25-14-20-6-3-4-7-24(20)37-25)28(39(42-2)13-5-12-33)16-29(23)41-31(30)19-8-10-21(34)11-9-19/h3-4,6-11,14-18,37H,5,12-13H2,1-2H3,(H,35,40). The van der Waals surface area contributed by atoms with E-state index in [0.717, 1.165) is 22.3 Å². The van der Waals surface area contributed by atoms with Gasteiger partial charge in [0.25, 0.3) is 5.91 Å². The van der Waals surface area contributed by atoms with Crippen LogP contribution in [-0.4, -0.2) is 47.4 Å². The van der Waals surface area contributed by atoms with Crippen molar-refractivity contribution in [3.05, 3.63) is 90.5 Å². The zero-order valence-electron chi connectivity index (χ0n) is 22.9. The van der Waals surface area contributed by atoms with Crippen LogP contribution < -0.4 is 9.62 Å². The highest BCUT2D eigenvalue weighted by atomic mass is 32.2. The molecule has 0 aliphatic rings. The molecule has 6 rings (SSSR count). The van der Waals surface area contributed by atoms with Gasteiger partial charge in [-0.05, 0) is 48.9 Å². The van der Waals surface area contributed by atoms with Crippen molar-refractivity contribution in [3.63, 3.8) is 0 Å². The number of hydrogen-bond donors (Lipinski definition) is 2. The zero-order chi connectivity index (χ0) is 29.2. The van der Waals surface area contributed by atoms with E-state index in [-0.39, 0.29) is 5.91 Å². The number of fused-ring (bicyclic) bond motifs is 2. The van der Waals surface area contributed by atoms with Crippen LogP contribution >= 0.6 is 11.9 Å². The number of aromatic nitrogens is 3. The molecule has 1 amide bonds. The van der Waals surface area contributed by atoms with Crippen molar-refractivity contribution in [3.8, 4) is 34.0 Å². The molecule has 10 heteroatoms. The van der Waals surface area contributed by atoms with Crippen molar-refractivity contribution < 1.29 is 18.0 Å². The third-order valence-corrected chi connectivity index (χ3v) is 7.89. The molecule has 6 aromatic rings. The number of carbonyl (C=O) groups excluding carboxylic acids is 1. The summed E-state index contributed by atoms with van der Waals surface area (Å²) in [5.41, 5.74) is 5.84. The van der Waals surface area contributed by atoms with Gasteiger partial charge in [-0.1, -0.05) is 30.1 Å². The minimum Gasteiger partial charge on any atom is -0.455 e. The molecule has 3 aromatic carbocycles. The van der Waals surface area contributed by atoms with Crippen molar-refractivity contribution in [1.29, 1.82) is 0 Å². The van der Waals surface area contributed by atoms with E-state index < -0.39 is 12.5 Å². The number of amides is 1. The number of hydrogen-bond acceptors (Lipinski definition) is 6. The summed E-state index contributed by atoms with van der Waals surface area (Å²) in [7, 11) is 1.55. The number of carbonyl (C=O) groups is 1. The molecular formula is C32H27F2N5O2S. The van der Waals surface area contributed by atoms with Crippen LogP contribution in [0.4, 0.5) is 14.5 Å². The molecule has 0 bridgehead atoms. The average molecular weight is 584 g/mol. The number of para-hydroxylation sites is 1. The minimum absolute atomic E-state index is 0.324. The third kappa shape index (κ3) is 5.09. The van der Waals surface area contributed by atoms with E-state index in [0.29, 0.717) is 57.8 Å². The maximum Gasteiger partial charge on any atom is 0.255 e. The number of rotatable bonds is 9. The maximum atomic E-state index is 13.7. The lowest BCUT2D eigenvalue weighted by molar-refractivity contribution is 0.0964. The minimum atomic E-state index is -0.458. The van der Waals surface area contributed by atoms with E-state index in [9.17, 15) is 13.6 Å². The highest BCUT2D eigenvalue weighted by Gasteiger charge is 2.25. The summed E-state index contributed by atoms with van der Waals surface area (Å²) in [6.45, 7) is -0.0141. The molecule has 42 heavy (non-hydrogen) atoms. The Morgan fingerprint density at radius 2 is 1.86 bits per heavy atom.